The summed E-state index contributed by atoms with van der Waals surface area (Å²) in [5.74, 6) is 0.405. The molecular formula is C24H31FN2O. The van der Waals surface area contributed by atoms with Crippen LogP contribution >= 0.6 is 0 Å². The molecule has 1 heterocycles. The van der Waals surface area contributed by atoms with Crippen molar-refractivity contribution in [2.75, 3.05) is 16.8 Å². The van der Waals surface area contributed by atoms with E-state index in [4.69, 9.17) is 0 Å². The van der Waals surface area contributed by atoms with Crippen LogP contribution in [0.15, 0.2) is 36.4 Å². The van der Waals surface area contributed by atoms with Crippen molar-refractivity contribution in [1.29, 1.82) is 0 Å². The molecule has 2 aromatic carbocycles. The van der Waals surface area contributed by atoms with Gasteiger partial charge in [0.05, 0.1) is 6.54 Å². The van der Waals surface area contributed by atoms with E-state index in [9.17, 15) is 9.18 Å². The predicted octanol–water partition coefficient (Wildman–Crippen LogP) is 5.85. The molecule has 0 spiro atoms. The Kier molecular flexibility index (Phi) is 6.07. The van der Waals surface area contributed by atoms with Gasteiger partial charge in [0.25, 0.3) is 0 Å². The minimum atomic E-state index is -0.217. The van der Waals surface area contributed by atoms with Gasteiger partial charge in [0.1, 0.15) is 5.82 Å². The average molecular weight is 383 g/mol. The zero-order valence-electron chi connectivity index (χ0n) is 17.6. The van der Waals surface area contributed by atoms with Crippen LogP contribution in [0.1, 0.15) is 69.6 Å². The highest BCUT2D eigenvalue weighted by Gasteiger charge is 2.26. The van der Waals surface area contributed by atoms with Crippen molar-refractivity contribution < 1.29 is 9.18 Å². The van der Waals surface area contributed by atoms with Crippen LogP contribution in [0.5, 0.6) is 0 Å². The lowest BCUT2D eigenvalue weighted by molar-refractivity contribution is -0.115. The molecule has 4 heteroatoms. The molecule has 1 aliphatic heterocycles. The first-order chi connectivity index (χ1) is 13.3. The molecule has 3 nitrogen and oxygen atoms in total. The normalized spacial score (nSPS) is 16.4. The number of carbonyl (C=O) groups is 1. The third-order valence-electron chi connectivity index (χ3n) is 5.67. The van der Waals surface area contributed by atoms with Crippen LogP contribution in [0.4, 0.5) is 15.8 Å². The number of benzene rings is 2. The summed E-state index contributed by atoms with van der Waals surface area (Å²) in [4.78, 5) is 15.1. The van der Waals surface area contributed by atoms with Crippen LogP contribution in [0.25, 0.3) is 0 Å². The van der Waals surface area contributed by atoms with E-state index >= 15 is 0 Å². The lowest BCUT2D eigenvalue weighted by atomic mass is 9.92. The average Bonchev–Trinajstić information content (AvgIpc) is 2.63. The molecule has 1 atom stereocenters. The Hall–Kier alpha value is -2.36. The SMILES string of the molecule is CC(C)c1cccc(C(C)C)c1NC(=O)CN1c2ccc(F)cc2CCC1C. The Morgan fingerprint density at radius 3 is 2.39 bits per heavy atom. The van der Waals surface area contributed by atoms with E-state index in [1.165, 1.54) is 6.07 Å². The maximum atomic E-state index is 13.6. The minimum Gasteiger partial charge on any atom is -0.359 e. The van der Waals surface area contributed by atoms with Gasteiger partial charge in [-0.25, -0.2) is 4.39 Å². The summed E-state index contributed by atoms with van der Waals surface area (Å²) in [7, 11) is 0. The van der Waals surface area contributed by atoms with E-state index in [1.807, 2.05) is 0 Å². The van der Waals surface area contributed by atoms with E-state index < -0.39 is 0 Å². The fraction of sp³-hybridized carbons (Fsp3) is 0.458. The van der Waals surface area contributed by atoms with Crippen molar-refractivity contribution in [3.63, 3.8) is 0 Å². The molecule has 0 aromatic heterocycles. The minimum absolute atomic E-state index is 0.0287. The number of rotatable bonds is 5. The van der Waals surface area contributed by atoms with E-state index in [0.29, 0.717) is 11.8 Å². The van der Waals surface area contributed by atoms with Crippen molar-refractivity contribution in [1.82, 2.24) is 0 Å². The van der Waals surface area contributed by atoms with Crippen molar-refractivity contribution in [3.8, 4) is 0 Å². The smallest absolute Gasteiger partial charge is 0.243 e. The Labute approximate surface area is 167 Å². The number of halogens is 1. The van der Waals surface area contributed by atoms with E-state index in [-0.39, 0.29) is 24.3 Å². The highest BCUT2D eigenvalue weighted by atomic mass is 19.1. The second kappa shape index (κ2) is 8.34. The van der Waals surface area contributed by atoms with E-state index in [2.05, 4.69) is 63.0 Å². The fourth-order valence-electron chi connectivity index (χ4n) is 4.06. The summed E-state index contributed by atoms with van der Waals surface area (Å²) in [6.45, 7) is 11.0. The molecule has 1 N–H and O–H groups in total. The van der Waals surface area contributed by atoms with E-state index in [0.717, 1.165) is 40.9 Å². The van der Waals surface area contributed by atoms with Gasteiger partial charge in [0.15, 0.2) is 0 Å². The number of fused-ring (bicyclic) bond motifs is 1. The molecule has 0 radical (unpaired) electrons. The van der Waals surface area contributed by atoms with Crippen molar-refractivity contribution in [3.05, 3.63) is 58.9 Å². The third-order valence-corrected chi connectivity index (χ3v) is 5.67. The van der Waals surface area contributed by atoms with Crippen molar-refractivity contribution >= 4 is 17.3 Å². The van der Waals surface area contributed by atoms with Gasteiger partial charge in [-0.3, -0.25) is 4.79 Å². The van der Waals surface area contributed by atoms with Gasteiger partial charge in [-0.05, 0) is 66.5 Å². The Bertz CT molecular complexity index is 833. The van der Waals surface area contributed by atoms with Crippen LogP contribution in [-0.2, 0) is 11.2 Å². The fourth-order valence-corrected chi connectivity index (χ4v) is 4.06. The summed E-state index contributed by atoms with van der Waals surface area (Å²) in [6, 6.07) is 11.4. The number of hydrogen-bond acceptors (Lipinski definition) is 2. The molecule has 3 rings (SSSR count). The first kappa shape index (κ1) is 20.4. The zero-order chi connectivity index (χ0) is 20.4. The summed E-state index contributed by atoms with van der Waals surface area (Å²) in [6.07, 6.45) is 1.77. The van der Waals surface area contributed by atoms with Gasteiger partial charge in [-0.2, -0.15) is 0 Å². The monoisotopic (exact) mass is 382 g/mol. The number of nitrogens with one attached hydrogen (secondary N) is 1. The summed E-state index contributed by atoms with van der Waals surface area (Å²) in [5.41, 5.74) is 5.22. The van der Waals surface area contributed by atoms with Crippen LogP contribution in [0.3, 0.4) is 0 Å². The molecule has 150 valence electrons. The summed E-state index contributed by atoms with van der Waals surface area (Å²) in [5, 5.41) is 3.20. The third kappa shape index (κ3) is 4.21. The molecule has 2 aromatic rings. The van der Waals surface area contributed by atoms with Crippen LogP contribution in [0.2, 0.25) is 0 Å². The standard InChI is InChI=1S/C24H31FN2O/c1-15(2)20-7-6-8-21(16(3)4)24(20)26-23(28)14-27-17(5)9-10-18-13-19(25)11-12-22(18)27/h6-8,11-13,15-17H,9-10,14H2,1-5H3,(H,26,28). The number of carbonyl (C=O) groups excluding carboxylic acids is 1. The molecule has 0 saturated carbocycles. The number of nitrogens with zero attached hydrogens (tertiary/aromatic N) is 1. The lowest BCUT2D eigenvalue weighted by Crippen LogP contribution is -2.42. The number of anilines is 2. The molecule has 0 aliphatic carbocycles. The lowest BCUT2D eigenvalue weighted by Gasteiger charge is -2.36. The Balaban J connectivity index is 1.86. The second-order valence-corrected chi connectivity index (χ2v) is 8.46. The van der Waals surface area contributed by atoms with Crippen molar-refractivity contribution in [2.45, 2.75) is 65.3 Å². The molecule has 28 heavy (non-hydrogen) atoms. The maximum Gasteiger partial charge on any atom is 0.243 e. The van der Waals surface area contributed by atoms with Crippen LogP contribution in [0, 0.1) is 5.82 Å². The summed E-state index contributed by atoms with van der Waals surface area (Å²) < 4.78 is 13.6. The van der Waals surface area contributed by atoms with Gasteiger partial charge in [0, 0.05) is 17.4 Å². The number of aryl methyl sites for hydroxylation is 1. The topological polar surface area (TPSA) is 32.3 Å². The first-order valence-electron chi connectivity index (χ1n) is 10.3. The quantitative estimate of drug-likeness (QED) is 0.703. The molecule has 1 aliphatic rings. The number of amides is 1. The van der Waals surface area contributed by atoms with Gasteiger partial charge in [-0.1, -0.05) is 45.9 Å². The molecule has 1 unspecified atom stereocenters. The first-order valence-corrected chi connectivity index (χ1v) is 10.3. The van der Waals surface area contributed by atoms with Crippen molar-refractivity contribution in [2.24, 2.45) is 0 Å². The molecule has 1 amide bonds. The van der Waals surface area contributed by atoms with Crippen LogP contribution < -0.4 is 10.2 Å². The number of para-hydroxylation sites is 1. The van der Waals surface area contributed by atoms with E-state index in [1.54, 1.807) is 12.1 Å². The predicted molar refractivity (Wildman–Crippen MR) is 115 cm³/mol. The molecular weight excluding hydrogens is 351 g/mol. The second-order valence-electron chi connectivity index (χ2n) is 8.46. The van der Waals surface area contributed by atoms with Crippen LogP contribution in [-0.4, -0.2) is 18.5 Å². The number of hydrogen-bond donors (Lipinski definition) is 1. The molecule has 0 bridgehead atoms. The zero-order valence-corrected chi connectivity index (χ0v) is 17.6. The highest BCUT2D eigenvalue weighted by molar-refractivity contribution is 5.96. The van der Waals surface area contributed by atoms with Gasteiger partial charge < -0.3 is 10.2 Å². The Morgan fingerprint density at radius 2 is 1.79 bits per heavy atom. The largest absolute Gasteiger partial charge is 0.359 e. The maximum absolute atomic E-state index is 13.6. The highest BCUT2D eigenvalue weighted by Crippen LogP contribution is 2.34. The summed E-state index contributed by atoms with van der Waals surface area (Å²) >= 11 is 0. The molecule has 0 fully saturated rings. The van der Waals surface area contributed by atoms with Gasteiger partial charge in [-0.15, -0.1) is 0 Å². The van der Waals surface area contributed by atoms with Gasteiger partial charge >= 0.3 is 0 Å². The Morgan fingerprint density at radius 1 is 1.14 bits per heavy atom. The van der Waals surface area contributed by atoms with Gasteiger partial charge in [0.2, 0.25) is 5.91 Å². The molecule has 0 saturated heterocycles.